The van der Waals surface area contributed by atoms with Crippen LogP contribution in [0.1, 0.15) is 28.7 Å². The van der Waals surface area contributed by atoms with Crippen LogP contribution in [-0.4, -0.2) is 65.0 Å². The summed E-state index contributed by atoms with van der Waals surface area (Å²) in [5.74, 6) is 0.206. The Morgan fingerprint density at radius 3 is 2.79 bits per heavy atom. The van der Waals surface area contributed by atoms with Crippen molar-refractivity contribution in [1.82, 2.24) is 34.3 Å². The number of nitrogens with zero attached hydrogens (tertiary/aromatic N) is 7. The van der Waals surface area contributed by atoms with Gasteiger partial charge in [0.2, 0.25) is 5.91 Å². The van der Waals surface area contributed by atoms with Gasteiger partial charge in [-0.2, -0.15) is 10.2 Å². The molecule has 12 heteroatoms. The molecule has 1 amide bonds. The van der Waals surface area contributed by atoms with Crippen molar-refractivity contribution in [1.29, 1.82) is 0 Å². The second-order valence-corrected chi connectivity index (χ2v) is 10.2. The number of rotatable bonds is 9. The molecule has 0 aliphatic carbocycles. The van der Waals surface area contributed by atoms with Gasteiger partial charge in [-0.1, -0.05) is 12.6 Å². The average molecular weight is 584 g/mol. The first-order valence-electron chi connectivity index (χ1n) is 13.7. The van der Waals surface area contributed by atoms with Crippen molar-refractivity contribution < 1.29 is 23.8 Å². The second-order valence-electron chi connectivity index (χ2n) is 10.2. The van der Waals surface area contributed by atoms with Gasteiger partial charge in [-0.3, -0.25) is 19.4 Å². The van der Waals surface area contributed by atoms with Crippen molar-refractivity contribution in [3.8, 4) is 22.8 Å². The van der Waals surface area contributed by atoms with Gasteiger partial charge in [0.15, 0.2) is 23.1 Å². The molecule has 1 aliphatic rings. The Morgan fingerprint density at radius 1 is 1.23 bits per heavy atom. The van der Waals surface area contributed by atoms with E-state index in [9.17, 15) is 14.3 Å². The predicted molar refractivity (Wildman–Crippen MR) is 155 cm³/mol. The van der Waals surface area contributed by atoms with Crippen LogP contribution in [0.2, 0.25) is 0 Å². The summed E-state index contributed by atoms with van der Waals surface area (Å²) in [4.78, 5) is 23.3. The topological polar surface area (TPSA) is 120 Å². The van der Waals surface area contributed by atoms with Crippen LogP contribution in [0.5, 0.6) is 11.5 Å². The number of hydrogen-bond acceptors (Lipinski definition) is 8. The zero-order chi connectivity index (χ0) is 30.1. The van der Waals surface area contributed by atoms with Crippen LogP contribution in [0.3, 0.4) is 0 Å². The van der Waals surface area contributed by atoms with E-state index in [1.165, 1.54) is 25.3 Å². The van der Waals surface area contributed by atoms with E-state index in [-0.39, 0.29) is 11.9 Å². The van der Waals surface area contributed by atoms with Crippen molar-refractivity contribution in [2.24, 2.45) is 0 Å². The third-order valence-electron chi connectivity index (χ3n) is 7.65. The summed E-state index contributed by atoms with van der Waals surface area (Å²) in [5.41, 5.74) is 5.02. The molecule has 5 aromatic rings. The van der Waals surface area contributed by atoms with Crippen LogP contribution >= 0.6 is 0 Å². The lowest BCUT2D eigenvalue weighted by molar-refractivity contribution is -0.130. The molecule has 6 rings (SSSR count). The van der Waals surface area contributed by atoms with Crippen LogP contribution in [0.4, 0.5) is 4.39 Å². The van der Waals surface area contributed by atoms with Gasteiger partial charge < -0.3 is 19.5 Å². The summed E-state index contributed by atoms with van der Waals surface area (Å²) in [6, 6.07) is 10.1. The van der Waals surface area contributed by atoms with Gasteiger partial charge in [-0.05, 0) is 43.3 Å². The SMILES string of the molecule is C=CC(=O)N1Cc2c(C)c(-c3cc(OC(CO)c4ccc(F)cn4)c4c(OC)cnn4c3)nn2C[C@@H]1Cc1ccccn1. The van der Waals surface area contributed by atoms with E-state index in [1.807, 2.05) is 47.0 Å². The zero-order valence-electron chi connectivity index (χ0n) is 23.7. The maximum absolute atomic E-state index is 13.5. The molecule has 220 valence electrons. The molecule has 0 radical (unpaired) electrons. The molecule has 1 aliphatic heterocycles. The molecule has 5 aromatic heterocycles. The van der Waals surface area contributed by atoms with Gasteiger partial charge in [-0.15, -0.1) is 0 Å². The molecular weight excluding hydrogens is 553 g/mol. The molecule has 0 fully saturated rings. The average Bonchev–Trinajstić information content (AvgIpc) is 3.60. The lowest BCUT2D eigenvalue weighted by Gasteiger charge is -2.35. The smallest absolute Gasteiger partial charge is 0.246 e. The highest BCUT2D eigenvalue weighted by molar-refractivity contribution is 5.87. The predicted octanol–water partition coefficient (Wildman–Crippen LogP) is 3.70. The van der Waals surface area contributed by atoms with Crippen molar-refractivity contribution in [2.45, 2.75) is 38.6 Å². The minimum atomic E-state index is -0.874. The number of carbonyl (C=O) groups excluding carboxylic acids is 1. The lowest BCUT2D eigenvalue weighted by atomic mass is 10.0. The number of aromatic nitrogens is 6. The quantitative estimate of drug-likeness (QED) is 0.261. The number of amides is 1. The molecule has 1 N–H and O–H groups in total. The van der Waals surface area contributed by atoms with E-state index in [0.29, 0.717) is 53.5 Å². The highest BCUT2D eigenvalue weighted by Gasteiger charge is 2.32. The molecule has 0 saturated heterocycles. The molecule has 11 nitrogen and oxygen atoms in total. The van der Waals surface area contributed by atoms with Crippen molar-refractivity contribution in [2.75, 3.05) is 13.7 Å². The highest BCUT2D eigenvalue weighted by Crippen LogP contribution is 2.37. The molecule has 1 unspecified atom stereocenters. The molecule has 6 heterocycles. The van der Waals surface area contributed by atoms with E-state index in [2.05, 4.69) is 21.6 Å². The minimum Gasteiger partial charge on any atom is -0.493 e. The molecule has 2 atom stereocenters. The number of aliphatic hydroxyl groups is 1. The maximum Gasteiger partial charge on any atom is 0.246 e. The number of carbonyl (C=O) groups is 1. The Morgan fingerprint density at radius 2 is 2.09 bits per heavy atom. The Hall–Kier alpha value is -5.10. The van der Waals surface area contributed by atoms with Crippen LogP contribution in [0.15, 0.2) is 73.8 Å². The number of hydrogen-bond donors (Lipinski definition) is 1. The first kappa shape index (κ1) is 28.0. The van der Waals surface area contributed by atoms with Crippen molar-refractivity contribution in [3.05, 3.63) is 102 Å². The molecule has 0 spiro atoms. The number of methoxy groups -OCH3 is 1. The van der Waals surface area contributed by atoms with Crippen LogP contribution < -0.4 is 9.47 Å². The van der Waals surface area contributed by atoms with E-state index in [0.717, 1.165) is 23.1 Å². The number of halogens is 1. The van der Waals surface area contributed by atoms with Gasteiger partial charge in [0.05, 0.1) is 62.3 Å². The Kier molecular flexibility index (Phi) is 7.59. The molecule has 0 aromatic carbocycles. The summed E-state index contributed by atoms with van der Waals surface area (Å²) in [7, 11) is 1.53. The van der Waals surface area contributed by atoms with Crippen molar-refractivity contribution in [3.63, 3.8) is 0 Å². The first-order valence-corrected chi connectivity index (χ1v) is 13.7. The standard InChI is InChI=1S/C31H30FN7O4/c1-4-29(41)37-17-25-19(2)30(36-38(25)16-23(37)12-22-7-5-6-10-33-22)20-11-26(31-27(42-3)14-35-39(31)15-20)43-28(18-40)24-9-8-21(32)13-34-24/h4-11,13-15,23,28,40H,1,12,16-18H2,2-3H3/t23-,28?/m0/s1. The largest absolute Gasteiger partial charge is 0.493 e. The second kappa shape index (κ2) is 11.6. The van der Waals surface area contributed by atoms with Gasteiger partial charge >= 0.3 is 0 Å². The minimum absolute atomic E-state index is 0.153. The van der Waals surface area contributed by atoms with Crippen LogP contribution in [-0.2, 0) is 24.3 Å². The van der Waals surface area contributed by atoms with Crippen molar-refractivity contribution >= 4 is 11.4 Å². The maximum atomic E-state index is 13.5. The normalized spacial score (nSPS) is 15.3. The van der Waals surface area contributed by atoms with Crippen LogP contribution in [0, 0.1) is 12.7 Å². The van der Waals surface area contributed by atoms with E-state index in [1.54, 1.807) is 16.9 Å². The summed E-state index contributed by atoms with van der Waals surface area (Å²) < 4.78 is 28.9. The Labute approximate surface area is 246 Å². The molecule has 0 saturated carbocycles. The molecular formula is C31H30FN7O4. The van der Waals surface area contributed by atoms with Gasteiger partial charge in [0.25, 0.3) is 0 Å². The first-order chi connectivity index (χ1) is 20.9. The van der Waals surface area contributed by atoms with Gasteiger partial charge in [0.1, 0.15) is 5.82 Å². The third-order valence-corrected chi connectivity index (χ3v) is 7.65. The third kappa shape index (κ3) is 5.32. The monoisotopic (exact) mass is 583 g/mol. The van der Waals surface area contributed by atoms with E-state index in [4.69, 9.17) is 14.6 Å². The fourth-order valence-corrected chi connectivity index (χ4v) is 5.46. The van der Waals surface area contributed by atoms with Gasteiger partial charge in [0, 0.05) is 35.6 Å². The highest BCUT2D eigenvalue weighted by atomic mass is 19.1. The number of pyridine rings is 3. The summed E-state index contributed by atoms with van der Waals surface area (Å²) >= 11 is 0. The van der Waals surface area contributed by atoms with Crippen LogP contribution in [0.25, 0.3) is 16.8 Å². The fourth-order valence-electron chi connectivity index (χ4n) is 5.46. The number of ether oxygens (including phenoxy) is 2. The van der Waals surface area contributed by atoms with E-state index >= 15 is 0 Å². The number of fused-ring (bicyclic) bond motifs is 2. The molecule has 0 bridgehead atoms. The molecule has 43 heavy (non-hydrogen) atoms. The fraction of sp³-hybridized carbons (Fsp3) is 0.258. The Balaban J connectivity index is 1.40. The van der Waals surface area contributed by atoms with E-state index < -0.39 is 18.5 Å². The van der Waals surface area contributed by atoms with Gasteiger partial charge in [-0.25, -0.2) is 8.91 Å². The lowest BCUT2D eigenvalue weighted by Crippen LogP contribution is -2.47. The Bertz CT molecular complexity index is 1790. The summed E-state index contributed by atoms with van der Waals surface area (Å²) in [6.45, 7) is 6.13. The summed E-state index contributed by atoms with van der Waals surface area (Å²) in [6.07, 6.45) is 7.26. The number of aliphatic hydroxyl groups excluding tert-OH is 1. The zero-order valence-corrected chi connectivity index (χ0v) is 23.7. The summed E-state index contributed by atoms with van der Waals surface area (Å²) in [5, 5.41) is 19.6.